The lowest BCUT2D eigenvalue weighted by molar-refractivity contribution is -0.145. The van der Waals surface area contributed by atoms with Gasteiger partial charge >= 0.3 is 6.18 Å². The minimum Gasteiger partial charge on any atom is -0.379 e. The Hall–Kier alpha value is -1.87. The zero-order valence-corrected chi connectivity index (χ0v) is 15.3. The molecule has 1 amide bonds. The van der Waals surface area contributed by atoms with Crippen molar-refractivity contribution in [1.82, 2.24) is 15.3 Å². The Labute approximate surface area is 153 Å². The number of amides is 1. The topological polar surface area (TPSA) is 64.1 Å². The van der Waals surface area contributed by atoms with Gasteiger partial charge in [0.2, 0.25) is 11.7 Å². The summed E-state index contributed by atoms with van der Waals surface area (Å²) in [5, 5.41) is 3.34. The quantitative estimate of drug-likeness (QED) is 0.425. The molecule has 0 bridgehead atoms. The highest BCUT2D eigenvalue weighted by atomic mass is 32.2. The third kappa shape index (κ3) is 6.14. The number of hydrogen-bond donors (Lipinski definition) is 1. The van der Waals surface area contributed by atoms with Crippen LogP contribution in [0.15, 0.2) is 29.3 Å². The van der Waals surface area contributed by atoms with Crippen LogP contribution in [0.4, 0.5) is 13.2 Å². The average Bonchev–Trinajstić information content (AvgIpc) is 2.58. The normalized spacial score (nSPS) is 11.9. The number of aromatic nitrogens is 2. The van der Waals surface area contributed by atoms with Crippen molar-refractivity contribution in [2.24, 2.45) is 0 Å². The minimum atomic E-state index is -4.64. The molecule has 2 rings (SSSR count). The first kappa shape index (κ1) is 20.4. The fraction of sp³-hybridized carbons (Fsp3) is 0.471. The number of rotatable bonds is 8. The maximum atomic E-state index is 13.0. The van der Waals surface area contributed by atoms with Crippen LogP contribution < -0.4 is 5.32 Å². The Kier molecular flexibility index (Phi) is 7.22. The van der Waals surface area contributed by atoms with Crippen molar-refractivity contribution in [2.45, 2.75) is 37.6 Å². The third-order valence-corrected chi connectivity index (χ3v) is 4.25. The van der Waals surface area contributed by atoms with Crippen molar-refractivity contribution < 1.29 is 22.7 Å². The van der Waals surface area contributed by atoms with Gasteiger partial charge in [0, 0.05) is 18.5 Å². The van der Waals surface area contributed by atoms with Crippen molar-refractivity contribution in [2.75, 3.05) is 18.9 Å². The summed E-state index contributed by atoms with van der Waals surface area (Å²) in [6, 6.07) is 6.43. The predicted octanol–water partition coefficient (Wildman–Crippen LogP) is 3.67. The van der Waals surface area contributed by atoms with Crippen LogP contribution in [0.5, 0.6) is 0 Å². The number of ether oxygens (including phenoxy) is 1. The minimum absolute atomic E-state index is 0.0245. The first-order valence-electron chi connectivity index (χ1n) is 8.12. The van der Waals surface area contributed by atoms with Gasteiger partial charge in [-0.2, -0.15) is 13.2 Å². The van der Waals surface area contributed by atoms with E-state index in [0.29, 0.717) is 25.0 Å². The van der Waals surface area contributed by atoms with Crippen LogP contribution >= 0.6 is 11.8 Å². The number of fused-ring (bicyclic) bond motifs is 1. The molecule has 0 unspecified atom stereocenters. The fourth-order valence-electron chi connectivity index (χ4n) is 2.09. The van der Waals surface area contributed by atoms with Crippen LogP contribution in [-0.4, -0.2) is 40.9 Å². The molecule has 9 heteroatoms. The molecule has 142 valence electrons. The van der Waals surface area contributed by atoms with Crippen LogP contribution in [0.3, 0.4) is 0 Å². The molecule has 2 aromatic rings. The number of alkyl halides is 3. The van der Waals surface area contributed by atoms with E-state index in [1.165, 1.54) is 6.07 Å². The Morgan fingerprint density at radius 1 is 1.27 bits per heavy atom. The molecule has 1 aromatic carbocycles. The van der Waals surface area contributed by atoms with Crippen molar-refractivity contribution in [3.05, 3.63) is 30.1 Å². The number of hydrogen-bond acceptors (Lipinski definition) is 5. The van der Waals surface area contributed by atoms with Crippen LogP contribution in [0, 0.1) is 0 Å². The van der Waals surface area contributed by atoms with Crippen LogP contribution in [0.2, 0.25) is 0 Å². The van der Waals surface area contributed by atoms with E-state index >= 15 is 0 Å². The van der Waals surface area contributed by atoms with Crippen LogP contribution in [0.25, 0.3) is 10.9 Å². The first-order chi connectivity index (χ1) is 12.3. The van der Waals surface area contributed by atoms with E-state index in [0.717, 1.165) is 11.8 Å². The number of benzene rings is 1. The molecule has 26 heavy (non-hydrogen) atoms. The van der Waals surface area contributed by atoms with Crippen molar-refractivity contribution >= 4 is 28.6 Å². The lowest BCUT2D eigenvalue weighted by atomic mass is 10.2. The van der Waals surface area contributed by atoms with Gasteiger partial charge in [-0.1, -0.05) is 30.0 Å². The number of carbonyl (C=O) groups excluding carboxylic acids is 1. The monoisotopic (exact) mass is 387 g/mol. The van der Waals surface area contributed by atoms with Gasteiger partial charge in [-0.15, -0.1) is 0 Å². The lowest BCUT2D eigenvalue weighted by Gasteiger charge is -2.11. The zero-order chi connectivity index (χ0) is 19.2. The highest BCUT2D eigenvalue weighted by Crippen LogP contribution is 2.31. The Morgan fingerprint density at radius 2 is 2.00 bits per heavy atom. The molecule has 0 aliphatic carbocycles. The summed E-state index contributed by atoms with van der Waals surface area (Å²) >= 11 is 0.963. The second-order valence-corrected chi connectivity index (χ2v) is 6.74. The maximum Gasteiger partial charge on any atom is 0.451 e. The van der Waals surface area contributed by atoms with E-state index in [1.54, 1.807) is 18.2 Å². The number of para-hydroxylation sites is 1. The van der Waals surface area contributed by atoms with Crippen molar-refractivity contribution in [3.63, 3.8) is 0 Å². The summed E-state index contributed by atoms with van der Waals surface area (Å²) in [5.41, 5.74) is 0.198. The van der Waals surface area contributed by atoms with Gasteiger partial charge in [0.05, 0.1) is 17.4 Å². The first-order valence-corrected chi connectivity index (χ1v) is 9.11. The summed E-state index contributed by atoms with van der Waals surface area (Å²) in [7, 11) is 0. The Balaban J connectivity index is 1.98. The molecule has 0 aliphatic rings. The van der Waals surface area contributed by atoms with E-state index in [-0.39, 0.29) is 28.3 Å². The number of thioether (sulfide) groups is 1. The second-order valence-electron chi connectivity index (χ2n) is 5.78. The summed E-state index contributed by atoms with van der Waals surface area (Å²) < 4.78 is 44.3. The molecule has 0 radical (unpaired) electrons. The molecule has 0 saturated carbocycles. The molecule has 0 saturated heterocycles. The fourth-order valence-corrected chi connectivity index (χ4v) is 2.94. The highest BCUT2D eigenvalue weighted by Gasteiger charge is 2.35. The smallest absolute Gasteiger partial charge is 0.379 e. The van der Waals surface area contributed by atoms with E-state index < -0.39 is 12.0 Å². The lowest BCUT2D eigenvalue weighted by Crippen LogP contribution is -2.27. The van der Waals surface area contributed by atoms with Gasteiger partial charge in [0.25, 0.3) is 0 Å². The van der Waals surface area contributed by atoms with E-state index in [9.17, 15) is 18.0 Å². The van der Waals surface area contributed by atoms with E-state index in [4.69, 9.17) is 4.74 Å². The molecule has 0 fully saturated rings. The molecular weight excluding hydrogens is 367 g/mol. The molecule has 0 aliphatic heterocycles. The molecular formula is C17H20F3N3O2S. The largest absolute Gasteiger partial charge is 0.451 e. The average molecular weight is 387 g/mol. The molecule has 1 heterocycles. The standard InChI is InChI=1S/C17H20F3N3O2S/c1-11(2)25-9-5-8-21-14(24)10-26-15-12-6-3-4-7-13(12)22-16(23-15)17(18,19)20/h3-4,6-7,11H,5,8-10H2,1-2H3,(H,21,24). The molecule has 5 nitrogen and oxygen atoms in total. The molecule has 0 atom stereocenters. The maximum absolute atomic E-state index is 13.0. The summed E-state index contributed by atoms with van der Waals surface area (Å²) in [5.74, 6) is -1.50. The van der Waals surface area contributed by atoms with E-state index in [1.807, 2.05) is 13.8 Å². The second kappa shape index (κ2) is 9.18. The summed E-state index contributed by atoms with van der Waals surface area (Å²) in [6.07, 6.45) is -3.84. The van der Waals surface area contributed by atoms with Gasteiger partial charge in [0.15, 0.2) is 0 Å². The Bertz CT molecular complexity index is 754. The van der Waals surface area contributed by atoms with Gasteiger partial charge < -0.3 is 10.1 Å². The Morgan fingerprint density at radius 3 is 2.69 bits per heavy atom. The van der Waals surface area contributed by atoms with Gasteiger partial charge in [0.1, 0.15) is 5.03 Å². The zero-order valence-electron chi connectivity index (χ0n) is 14.5. The summed E-state index contributed by atoms with van der Waals surface area (Å²) in [6.45, 7) is 4.84. The molecule has 1 N–H and O–H groups in total. The van der Waals surface area contributed by atoms with Gasteiger partial charge in [-0.25, -0.2) is 9.97 Å². The SMILES string of the molecule is CC(C)OCCCNC(=O)CSc1nc(C(F)(F)F)nc2ccccc12. The number of carbonyl (C=O) groups is 1. The highest BCUT2D eigenvalue weighted by molar-refractivity contribution is 8.00. The number of halogens is 3. The van der Waals surface area contributed by atoms with Gasteiger partial charge in [-0.3, -0.25) is 4.79 Å². The predicted molar refractivity (Wildman–Crippen MR) is 94.0 cm³/mol. The summed E-state index contributed by atoms with van der Waals surface area (Å²) in [4.78, 5) is 19.0. The van der Waals surface area contributed by atoms with Crippen LogP contribution in [-0.2, 0) is 15.7 Å². The number of nitrogens with one attached hydrogen (secondary N) is 1. The molecule has 1 aromatic heterocycles. The van der Waals surface area contributed by atoms with E-state index in [2.05, 4.69) is 15.3 Å². The van der Waals surface area contributed by atoms with Crippen LogP contribution in [0.1, 0.15) is 26.1 Å². The van der Waals surface area contributed by atoms with Gasteiger partial charge in [-0.05, 0) is 26.3 Å². The third-order valence-electron chi connectivity index (χ3n) is 3.26. The van der Waals surface area contributed by atoms with Crippen molar-refractivity contribution in [3.8, 4) is 0 Å². The molecule has 0 spiro atoms. The van der Waals surface area contributed by atoms with Crippen molar-refractivity contribution in [1.29, 1.82) is 0 Å². The number of nitrogens with zero attached hydrogens (tertiary/aromatic N) is 2.